The molecule has 0 radical (unpaired) electrons. The number of carbonyl (C=O) groups excluding carboxylic acids is 1. The van der Waals surface area contributed by atoms with Gasteiger partial charge in [-0.25, -0.2) is 4.98 Å². The first kappa shape index (κ1) is 18.2. The minimum Gasteiger partial charge on any atom is -0.351 e. The highest BCUT2D eigenvalue weighted by atomic mass is 32.2. The van der Waals surface area contributed by atoms with Crippen molar-refractivity contribution in [1.29, 1.82) is 0 Å². The molecule has 1 heterocycles. The lowest BCUT2D eigenvalue weighted by molar-refractivity contribution is -0.120. The van der Waals surface area contributed by atoms with Crippen LogP contribution in [0.1, 0.15) is 24.5 Å². The second-order valence-electron chi connectivity index (χ2n) is 6.05. The Bertz CT molecular complexity index is 846. The van der Waals surface area contributed by atoms with Gasteiger partial charge in [-0.3, -0.25) is 9.89 Å². The minimum atomic E-state index is -0.222. The first-order chi connectivity index (χ1) is 12.7. The van der Waals surface area contributed by atoms with Crippen LogP contribution in [-0.2, 0) is 11.3 Å². The van der Waals surface area contributed by atoms with E-state index >= 15 is 0 Å². The summed E-state index contributed by atoms with van der Waals surface area (Å²) in [6, 6.07) is 18.0. The van der Waals surface area contributed by atoms with Crippen LogP contribution < -0.4 is 5.32 Å². The predicted octanol–water partition coefficient (Wildman–Crippen LogP) is 3.97. The predicted molar refractivity (Wildman–Crippen MR) is 105 cm³/mol. The molecule has 0 saturated heterocycles. The molecule has 1 atom stereocenters. The van der Waals surface area contributed by atoms with Crippen molar-refractivity contribution in [3.05, 3.63) is 65.7 Å². The number of aryl methyl sites for hydroxylation is 1. The van der Waals surface area contributed by atoms with Gasteiger partial charge in [0.25, 0.3) is 0 Å². The quantitative estimate of drug-likeness (QED) is 0.621. The molecule has 0 aliphatic rings. The summed E-state index contributed by atoms with van der Waals surface area (Å²) in [6.45, 7) is 4.57. The molecule has 0 spiro atoms. The molecule has 26 heavy (non-hydrogen) atoms. The fourth-order valence-corrected chi connectivity index (χ4v) is 3.34. The van der Waals surface area contributed by atoms with E-state index < -0.39 is 0 Å². The lowest BCUT2D eigenvalue weighted by Crippen LogP contribution is -2.31. The lowest BCUT2D eigenvalue weighted by Gasteiger charge is -2.12. The average Bonchev–Trinajstić information content (AvgIpc) is 3.14. The van der Waals surface area contributed by atoms with Crippen molar-refractivity contribution >= 4 is 17.7 Å². The molecular formula is C20H22N4OS. The number of nitrogens with zero attached hydrogens (tertiary/aromatic N) is 2. The number of nitrogens with one attached hydrogen (secondary N) is 2. The molecule has 1 aromatic heterocycles. The zero-order valence-electron chi connectivity index (χ0n) is 14.9. The van der Waals surface area contributed by atoms with Crippen molar-refractivity contribution in [3.63, 3.8) is 0 Å². The highest BCUT2D eigenvalue weighted by molar-refractivity contribution is 8.00. The van der Waals surface area contributed by atoms with Crippen LogP contribution in [0, 0.1) is 6.92 Å². The summed E-state index contributed by atoms with van der Waals surface area (Å²) in [7, 11) is 0. The number of rotatable bonds is 7. The highest BCUT2D eigenvalue weighted by Gasteiger charge is 2.20. The Morgan fingerprint density at radius 1 is 1.15 bits per heavy atom. The maximum atomic E-state index is 12.5. The number of H-pyrrole nitrogens is 1. The summed E-state index contributed by atoms with van der Waals surface area (Å²) in [5.74, 6) is 0.718. The topological polar surface area (TPSA) is 70.7 Å². The third-order valence-electron chi connectivity index (χ3n) is 4.01. The molecule has 2 aromatic carbocycles. The van der Waals surface area contributed by atoms with E-state index in [2.05, 4.69) is 20.5 Å². The molecule has 0 aliphatic heterocycles. The number of hydrogen-bond acceptors (Lipinski definition) is 4. The van der Waals surface area contributed by atoms with Crippen LogP contribution in [0.5, 0.6) is 0 Å². The van der Waals surface area contributed by atoms with Crippen molar-refractivity contribution in [3.8, 4) is 11.4 Å². The maximum absolute atomic E-state index is 12.5. The zero-order chi connectivity index (χ0) is 18.4. The Kier molecular flexibility index (Phi) is 6.07. The Balaban J connectivity index is 1.61. The van der Waals surface area contributed by atoms with Gasteiger partial charge in [-0.1, -0.05) is 78.8 Å². The van der Waals surface area contributed by atoms with E-state index in [-0.39, 0.29) is 11.2 Å². The van der Waals surface area contributed by atoms with Gasteiger partial charge in [0.15, 0.2) is 5.82 Å². The number of aromatic amines is 1. The van der Waals surface area contributed by atoms with Gasteiger partial charge in [0.2, 0.25) is 11.1 Å². The van der Waals surface area contributed by atoms with Crippen LogP contribution >= 0.6 is 11.8 Å². The van der Waals surface area contributed by atoms with Gasteiger partial charge in [-0.2, -0.15) is 0 Å². The Morgan fingerprint density at radius 2 is 1.88 bits per heavy atom. The van der Waals surface area contributed by atoms with Crippen LogP contribution in [0.3, 0.4) is 0 Å². The molecule has 1 amide bonds. The molecule has 0 fully saturated rings. The van der Waals surface area contributed by atoms with E-state index in [1.54, 1.807) is 0 Å². The normalized spacial score (nSPS) is 11.9. The van der Waals surface area contributed by atoms with Gasteiger partial charge in [0.05, 0.1) is 5.25 Å². The molecule has 0 aliphatic carbocycles. The molecule has 3 aromatic rings. The van der Waals surface area contributed by atoms with E-state index in [1.807, 2.05) is 68.4 Å². The first-order valence-electron chi connectivity index (χ1n) is 8.63. The van der Waals surface area contributed by atoms with Gasteiger partial charge < -0.3 is 5.32 Å². The van der Waals surface area contributed by atoms with Crippen molar-refractivity contribution in [1.82, 2.24) is 20.5 Å². The fraction of sp³-hybridized carbons (Fsp3) is 0.250. The highest BCUT2D eigenvalue weighted by Crippen LogP contribution is 2.25. The minimum absolute atomic E-state index is 0.00281. The molecule has 5 nitrogen and oxygen atoms in total. The van der Waals surface area contributed by atoms with Crippen molar-refractivity contribution in [2.75, 3.05) is 0 Å². The van der Waals surface area contributed by atoms with Crippen LogP contribution in [0.25, 0.3) is 11.4 Å². The van der Waals surface area contributed by atoms with Crippen molar-refractivity contribution in [2.45, 2.75) is 37.2 Å². The SMILES string of the molecule is CC[C@H](Sc1n[nH]c(-c2ccc(C)cc2)n1)C(=O)NCc1ccccc1. The molecule has 3 rings (SSSR count). The summed E-state index contributed by atoms with van der Waals surface area (Å²) >= 11 is 1.39. The largest absolute Gasteiger partial charge is 0.351 e. The molecule has 0 saturated carbocycles. The van der Waals surface area contributed by atoms with E-state index in [4.69, 9.17) is 0 Å². The van der Waals surface area contributed by atoms with E-state index in [9.17, 15) is 4.79 Å². The maximum Gasteiger partial charge on any atom is 0.233 e. The Morgan fingerprint density at radius 3 is 2.58 bits per heavy atom. The van der Waals surface area contributed by atoms with Crippen LogP contribution in [0.4, 0.5) is 0 Å². The van der Waals surface area contributed by atoms with E-state index in [1.165, 1.54) is 17.3 Å². The molecular weight excluding hydrogens is 344 g/mol. The van der Waals surface area contributed by atoms with Crippen molar-refractivity contribution in [2.24, 2.45) is 0 Å². The Labute approximate surface area is 157 Å². The van der Waals surface area contributed by atoms with Gasteiger partial charge in [0.1, 0.15) is 0 Å². The third-order valence-corrected chi connectivity index (χ3v) is 5.24. The van der Waals surface area contributed by atoms with Gasteiger partial charge >= 0.3 is 0 Å². The molecule has 0 unspecified atom stereocenters. The summed E-state index contributed by atoms with van der Waals surface area (Å²) < 4.78 is 0. The monoisotopic (exact) mass is 366 g/mol. The number of carbonyl (C=O) groups is 1. The average molecular weight is 366 g/mol. The standard InChI is InChI=1S/C20H22N4OS/c1-3-17(19(25)21-13-15-7-5-4-6-8-15)26-20-22-18(23-24-20)16-11-9-14(2)10-12-16/h4-12,17H,3,13H2,1-2H3,(H,21,25)(H,22,23,24)/t17-/m0/s1. The number of aromatic nitrogens is 3. The second-order valence-corrected chi connectivity index (χ2v) is 7.22. The molecule has 0 bridgehead atoms. The number of hydrogen-bond donors (Lipinski definition) is 2. The van der Waals surface area contributed by atoms with Crippen molar-refractivity contribution < 1.29 is 4.79 Å². The fourth-order valence-electron chi connectivity index (χ4n) is 2.49. The summed E-state index contributed by atoms with van der Waals surface area (Å²) in [6.07, 6.45) is 0.708. The summed E-state index contributed by atoms with van der Waals surface area (Å²) in [5, 5.41) is 10.6. The van der Waals surface area contributed by atoms with Crippen LogP contribution in [0.2, 0.25) is 0 Å². The summed E-state index contributed by atoms with van der Waals surface area (Å²) in [5.41, 5.74) is 3.26. The molecule has 2 N–H and O–H groups in total. The second kappa shape index (κ2) is 8.67. The first-order valence-corrected chi connectivity index (χ1v) is 9.51. The van der Waals surface area contributed by atoms with Gasteiger partial charge in [-0.05, 0) is 18.9 Å². The van der Waals surface area contributed by atoms with Gasteiger partial charge in [-0.15, -0.1) is 5.10 Å². The van der Waals surface area contributed by atoms with Gasteiger partial charge in [0, 0.05) is 12.1 Å². The third kappa shape index (κ3) is 4.73. The van der Waals surface area contributed by atoms with E-state index in [0.29, 0.717) is 23.9 Å². The molecule has 134 valence electrons. The zero-order valence-corrected chi connectivity index (χ0v) is 15.7. The smallest absolute Gasteiger partial charge is 0.233 e. The van der Waals surface area contributed by atoms with E-state index in [0.717, 1.165) is 11.1 Å². The number of benzene rings is 2. The number of amides is 1. The summed E-state index contributed by atoms with van der Waals surface area (Å²) in [4.78, 5) is 17.0. The Hall–Kier alpha value is -2.60. The van der Waals surface area contributed by atoms with Crippen LogP contribution in [-0.4, -0.2) is 26.3 Å². The lowest BCUT2D eigenvalue weighted by atomic mass is 10.1. The molecule has 6 heteroatoms. The van der Waals surface area contributed by atoms with Crippen LogP contribution in [0.15, 0.2) is 59.8 Å². The number of thioether (sulfide) groups is 1.